The summed E-state index contributed by atoms with van der Waals surface area (Å²) in [7, 11) is 0. The summed E-state index contributed by atoms with van der Waals surface area (Å²) in [5.41, 5.74) is 8.19. The largest absolute Gasteiger partial charge is 0.488 e. The molecule has 0 spiro atoms. The Morgan fingerprint density at radius 3 is 2.71 bits per heavy atom. The van der Waals surface area contributed by atoms with Gasteiger partial charge in [0.25, 0.3) is 0 Å². The SMILES string of the molecule is Cc1ccc(OCc2cc(Cl)ccc2Cl)c(C#CCN)c1. The molecule has 2 nitrogen and oxygen atoms in total. The fourth-order valence-electron chi connectivity index (χ4n) is 1.82. The maximum atomic E-state index is 6.13. The smallest absolute Gasteiger partial charge is 0.135 e. The Kier molecular flexibility index (Phi) is 5.52. The molecule has 0 saturated heterocycles. The molecule has 0 atom stereocenters. The van der Waals surface area contributed by atoms with Crippen LogP contribution in [0.3, 0.4) is 0 Å². The van der Waals surface area contributed by atoms with Gasteiger partial charge in [-0.1, -0.05) is 41.1 Å². The number of hydrogen-bond donors (Lipinski definition) is 1. The van der Waals surface area contributed by atoms with Crippen molar-refractivity contribution in [2.75, 3.05) is 6.54 Å². The topological polar surface area (TPSA) is 35.2 Å². The second kappa shape index (κ2) is 7.38. The Morgan fingerprint density at radius 1 is 1.14 bits per heavy atom. The number of benzene rings is 2. The molecule has 0 aliphatic heterocycles. The fraction of sp³-hybridized carbons (Fsp3) is 0.176. The van der Waals surface area contributed by atoms with E-state index in [-0.39, 0.29) is 0 Å². The van der Waals surface area contributed by atoms with E-state index >= 15 is 0 Å². The second-order valence-corrected chi connectivity index (χ2v) is 5.37. The maximum absolute atomic E-state index is 6.13. The van der Waals surface area contributed by atoms with E-state index in [4.69, 9.17) is 33.7 Å². The van der Waals surface area contributed by atoms with Crippen LogP contribution in [-0.4, -0.2) is 6.54 Å². The summed E-state index contributed by atoms with van der Waals surface area (Å²) in [5, 5.41) is 1.26. The first-order valence-electron chi connectivity index (χ1n) is 6.46. The van der Waals surface area contributed by atoms with Gasteiger partial charge in [-0.05, 0) is 42.8 Å². The number of nitrogens with two attached hydrogens (primary N) is 1. The minimum atomic E-state index is 0.313. The molecule has 0 bridgehead atoms. The van der Waals surface area contributed by atoms with Crippen LogP contribution in [-0.2, 0) is 6.61 Å². The molecule has 2 N–H and O–H groups in total. The van der Waals surface area contributed by atoms with E-state index in [1.165, 1.54) is 0 Å². The van der Waals surface area contributed by atoms with Gasteiger partial charge in [0, 0.05) is 15.6 Å². The van der Waals surface area contributed by atoms with Crippen LogP contribution in [0.2, 0.25) is 10.0 Å². The zero-order valence-electron chi connectivity index (χ0n) is 11.6. The van der Waals surface area contributed by atoms with E-state index in [2.05, 4.69) is 11.8 Å². The number of ether oxygens (including phenoxy) is 1. The molecule has 0 saturated carbocycles. The van der Waals surface area contributed by atoms with Gasteiger partial charge in [-0.15, -0.1) is 0 Å². The quantitative estimate of drug-likeness (QED) is 0.861. The lowest BCUT2D eigenvalue weighted by molar-refractivity contribution is 0.305. The Hall–Kier alpha value is -1.66. The van der Waals surface area contributed by atoms with Crippen LogP contribution in [0, 0.1) is 18.8 Å². The van der Waals surface area contributed by atoms with Gasteiger partial charge >= 0.3 is 0 Å². The number of aryl methyl sites for hydroxylation is 1. The molecule has 21 heavy (non-hydrogen) atoms. The van der Waals surface area contributed by atoms with Crippen LogP contribution in [0.15, 0.2) is 36.4 Å². The highest BCUT2D eigenvalue weighted by Crippen LogP contribution is 2.24. The van der Waals surface area contributed by atoms with E-state index in [0.29, 0.717) is 28.9 Å². The van der Waals surface area contributed by atoms with Gasteiger partial charge in [-0.2, -0.15) is 0 Å². The lowest BCUT2D eigenvalue weighted by Gasteiger charge is -2.10. The highest BCUT2D eigenvalue weighted by Gasteiger charge is 2.06. The molecule has 0 aliphatic carbocycles. The van der Waals surface area contributed by atoms with Crippen LogP contribution < -0.4 is 10.5 Å². The minimum absolute atomic E-state index is 0.313. The lowest BCUT2D eigenvalue weighted by atomic mass is 10.1. The molecule has 0 amide bonds. The molecule has 0 radical (unpaired) electrons. The van der Waals surface area contributed by atoms with Crippen molar-refractivity contribution in [3.8, 4) is 17.6 Å². The van der Waals surface area contributed by atoms with Gasteiger partial charge in [-0.25, -0.2) is 0 Å². The van der Waals surface area contributed by atoms with Crippen molar-refractivity contribution in [2.24, 2.45) is 5.73 Å². The first-order chi connectivity index (χ1) is 10.1. The first kappa shape index (κ1) is 15.7. The molecule has 2 rings (SSSR count). The van der Waals surface area contributed by atoms with Crippen molar-refractivity contribution in [3.63, 3.8) is 0 Å². The summed E-state index contributed by atoms with van der Waals surface area (Å²) in [6.45, 7) is 2.65. The van der Waals surface area contributed by atoms with Gasteiger partial charge in [0.15, 0.2) is 0 Å². The Balaban J connectivity index is 2.21. The fourth-order valence-corrected chi connectivity index (χ4v) is 2.19. The van der Waals surface area contributed by atoms with Gasteiger partial charge in [0.1, 0.15) is 12.4 Å². The Labute approximate surface area is 134 Å². The summed E-state index contributed by atoms with van der Waals surface area (Å²) in [6.07, 6.45) is 0. The van der Waals surface area contributed by atoms with Crippen molar-refractivity contribution in [1.82, 2.24) is 0 Å². The van der Waals surface area contributed by atoms with E-state index in [9.17, 15) is 0 Å². The average Bonchev–Trinajstić information content (AvgIpc) is 2.47. The normalized spacial score (nSPS) is 9.90. The molecule has 0 unspecified atom stereocenters. The third-order valence-corrected chi connectivity index (χ3v) is 3.45. The highest BCUT2D eigenvalue weighted by atomic mass is 35.5. The monoisotopic (exact) mass is 319 g/mol. The zero-order valence-corrected chi connectivity index (χ0v) is 13.1. The molecule has 2 aromatic rings. The lowest BCUT2D eigenvalue weighted by Crippen LogP contribution is -1.99. The van der Waals surface area contributed by atoms with Gasteiger partial charge in [0.05, 0.1) is 12.1 Å². The number of hydrogen-bond acceptors (Lipinski definition) is 2. The highest BCUT2D eigenvalue weighted by molar-refractivity contribution is 6.33. The summed E-state index contributed by atoms with van der Waals surface area (Å²) in [6, 6.07) is 11.1. The number of halogens is 2. The average molecular weight is 320 g/mol. The minimum Gasteiger partial charge on any atom is -0.488 e. The van der Waals surface area contributed by atoms with E-state index < -0.39 is 0 Å². The summed E-state index contributed by atoms with van der Waals surface area (Å²) >= 11 is 12.1. The first-order valence-corrected chi connectivity index (χ1v) is 7.22. The third-order valence-electron chi connectivity index (χ3n) is 2.85. The summed E-state index contributed by atoms with van der Waals surface area (Å²) < 4.78 is 5.82. The standard InChI is InChI=1S/C17H15Cl2NO/c1-12-4-7-17(13(9-12)3-2-8-20)21-11-14-10-15(18)5-6-16(14)19/h4-7,9-10H,8,11,20H2,1H3. The molecule has 2 aromatic carbocycles. The molecular formula is C17H15Cl2NO. The van der Waals surface area contributed by atoms with Crippen molar-refractivity contribution < 1.29 is 4.74 Å². The summed E-state index contributed by atoms with van der Waals surface area (Å²) in [5.74, 6) is 6.56. The predicted octanol–water partition coefficient (Wildman–Crippen LogP) is 4.19. The maximum Gasteiger partial charge on any atom is 0.135 e. The van der Waals surface area contributed by atoms with Crippen molar-refractivity contribution in [1.29, 1.82) is 0 Å². The Morgan fingerprint density at radius 2 is 1.95 bits per heavy atom. The van der Waals surface area contributed by atoms with Gasteiger partial charge in [-0.3, -0.25) is 0 Å². The van der Waals surface area contributed by atoms with Crippen LogP contribution >= 0.6 is 23.2 Å². The molecule has 0 aliphatic rings. The van der Waals surface area contributed by atoms with E-state index in [0.717, 1.165) is 16.7 Å². The zero-order chi connectivity index (χ0) is 15.2. The van der Waals surface area contributed by atoms with Gasteiger partial charge < -0.3 is 10.5 Å². The summed E-state index contributed by atoms with van der Waals surface area (Å²) in [4.78, 5) is 0. The van der Waals surface area contributed by atoms with E-state index in [1.54, 1.807) is 18.2 Å². The van der Waals surface area contributed by atoms with Crippen molar-refractivity contribution in [2.45, 2.75) is 13.5 Å². The van der Waals surface area contributed by atoms with Crippen LogP contribution in [0.4, 0.5) is 0 Å². The van der Waals surface area contributed by atoms with Crippen molar-refractivity contribution >= 4 is 23.2 Å². The van der Waals surface area contributed by atoms with Crippen LogP contribution in [0.1, 0.15) is 16.7 Å². The number of rotatable bonds is 3. The predicted molar refractivity (Wildman–Crippen MR) is 87.9 cm³/mol. The third kappa shape index (κ3) is 4.41. The molecule has 0 aromatic heterocycles. The molecule has 108 valence electrons. The van der Waals surface area contributed by atoms with Crippen LogP contribution in [0.25, 0.3) is 0 Å². The molecule has 0 fully saturated rings. The molecule has 4 heteroatoms. The van der Waals surface area contributed by atoms with E-state index in [1.807, 2.05) is 25.1 Å². The molecule has 0 heterocycles. The van der Waals surface area contributed by atoms with Gasteiger partial charge in [0.2, 0.25) is 0 Å². The Bertz CT molecular complexity index is 702. The molecular weight excluding hydrogens is 305 g/mol. The van der Waals surface area contributed by atoms with Crippen LogP contribution in [0.5, 0.6) is 5.75 Å². The second-order valence-electron chi connectivity index (χ2n) is 4.53. The van der Waals surface area contributed by atoms with Crippen molar-refractivity contribution in [3.05, 3.63) is 63.1 Å².